The molecule has 9 heteroatoms. The number of aryl methyl sites for hydroxylation is 2. The molecule has 0 aliphatic rings. The molecule has 4 aromatic rings. The Morgan fingerprint density at radius 3 is 2.79 bits per heavy atom. The van der Waals surface area contributed by atoms with E-state index in [1.165, 1.54) is 11.8 Å². The van der Waals surface area contributed by atoms with Crippen molar-refractivity contribution in [1.29, 1.82) is 0 Å². The maximum absolute atomic E-state index is 12.5. The van der Waals surface area contributed by atoms with Gasteiger partial charge in [0.25, 0.3) is 0 Å². The van der Waals surface area contributed by atoms with E-state index in [1.807, 2.05) is 42.5 Å². The molecule has 0 saturated carbocycles. The molecule has 3 aromatic heterocycles. The Balaban J connectivity index is 1.68. The first-order valence-electron chi connectivity index (χ1n) is 8.69. The van der Waals surface area contributed by atoms with Gasteiger partial charge < -0.3 is 14.6 Å². The Morgan fingerprint density at radius 2 is 2.07 bits per heavy atom. The second-order valence-electron chi connectivity index (χ2n) is 6.46. The Kier molecular flexibility index (Phi) is 4.68. The Hall–Kier alpha value is -3.07. The van der Waals surface area contributed by atoms with Crippen LogP contribution in [0.3, 0.4) is 0 Å². The van der Waals surface area contributed by atoms with E-state index < -0.39 is 5.25 Å². The van der Waals surface area contributed by atoms with Gasteiger partial charge in [0.15, 0.2) is 16.6 Å². The fourth-order valence-corrected chi connectivity index (χ4v) is 3.84. The smallest absolute Gasteiger partial charge is 0.238 e. The maximum Gasteiger partial charge on any atom is 0.238 e. The number of methoxy groups -OCH3 is 1. The van der Waals surface area contributed by atoms with Gasteiger partial charge in [-0.15, -0.1) is 10.2 Å². The van der Waals surface area contributed by atoms with Gasteiger partial charge in [0.2, 0.25) is 5.91 Å². The largest absolute Gasteiger partial charge is 0.497 e. The number of carbonyl (C=O) groups excluding carboxylic acids is 1. The SMILES string of the molecule is COc1ccc2c(C)cc3nnc(S[C@@H](C)C(=O)Nc4cc(C)on4)n3c2c1. The van der Waals surface area contributed by atoms with Crippen LogP contribution in [0.1, 0.15) is 18.2 Å². The third-order valence-corrected chi connectivity index (χ3v) is 5.45. The molecule has 8 nitrogen and oxygen atoms in total. The molecule has 0 unspecified atom stereocenters. The summed E-state index contributed by atoms with van der Waals surface area (Å²) in [6.45, 7) is 5.61. The molecule has 4 rings (SSSR count). The fraction of sp³-hybridized carbons (Fsp3) is 0.263. The lowest BCUT2D eigenvalue weighted by Gasteiger charge is -2.11. The molecule has 1 amide bonds. The van der Waals surface area contributed by atoms with E-state index in [1.54, 1.807) is 20.1 Å². The minimum atomic E-state index is -0.411. The van der Waals surface area contributed by atoms with E-state index in [-0.39, 0.29) is 5.91 Å². The molecule has 1 aromatic carbocycles. The van der Waals surface area contributed by atoms with Gasteiger partial charge in [0.1, 0.15) is 11.5 Å². The number of nitrogens with zero attached hydrogens (tertiary/aromatic N) is 4. The molecule has 3 heterocycles. The highest BCUT2D eigenvalue weighted by molar-refractivity contribution is 8.00. The first-order valence-corrected chi connectivity index (χ1v) is 9.57. The van der Waals surface area contributed by atoms with E-state index >= 15 is 0 Å². The van der Waals surface area contributed by atoms with Crippen molar-refractivity contribution in [1.82, 2.24) is 19.8 Å². The van der Waals surface area contributed by atoms with Gasteiger partial charge in [-0.2, -0.15) is 0 Å². The zero-order valence-electron chi connectivity index (χ0n) is 15.9. The summed E-state index contributed by atoms with van der Waals surface area (Å²) in [5.74, 6) is 1.59. The van der Waals surface area contributed by atoms with E-state index in [4.69, 9.17) is 9.26 Å². The van der Waals surface area contributed by atoms with Crippen LogP contribution in [0.15, 0.2) is 40.0 Å². The highest BCUT2D eigenvalue weighted by Crippen LogP contribution is 2.30. The average Bonchev–Trinajstić information content (AvgIpc) is 3.27. The predicted octanol–water partition coefficient (Wildman–Crippen LogP) is 3.62. The number of hydrogen-bond donors (Lipinski definition) is 1. The predicted molar refractivity (Wildman–Crippen MR) is 107 cm³/mol. The molecule has 144 valence electrons. The zero-order valence-corrected chi connectivity index (χ0v) is 16.7. The monoisotopic (exact) mass is 397 g/mol. The van der Waals surface area contributed by atoms with Gasteiger partial charge in [-0.25, -0.2) is 0 Å². The van der Waals surface area contributed by atoms with Crippen molar-refractivity contribution in [3.8, 4) is 5.75 Å². The fourth-order valence-electron chi connectivity index (χ4n) is 2.97. The van der Waals surface area contributed by atoms with Crippen LogP contribution in [0.2, 0.25) is 0 Å². The molecule has 1 N–H and O–H groups in total. The van der Waals surface area contributed by atoms with E-state index in [2.05, 4.69) is 20.7 Å². The Labute approximate surface area is 165 Å². The quantitative estimate of drug-likeness (QED) is 0.514. The van der Waals surface area contributed by atoms with E-state index in [0.29, 0.717) is 16.7 Å². The van der Waals surface area contributed by atoms with Crippen molar-refractivity contribution in [2.24, 2.45) is 0 Å². The van der Waals surface area contributed by atoms with Gasteiger partial charge in [0.05, 0.1) is 17.9 Å². The summed E-state index contributed by atoms with van der Waals surface area (Å²) in [6.07, 6.45) is 0. The van der Waals surface area contributed by atoms with Crippen molar-refractivity contribution in [3.05, 3.63) is 41.7 Å². The number of aromatic nitrogens is 4. The van der Waals surface area contributed by atoms with Crippen molar-refractivity contribution in [2.75, 3.05) is 12.4 Å². The van der Waals surface area contributed by atoms with Gasteiger partial charge in [-0.05, 0) is 44.5 Å². The molecule has 1 atom stereocenters. The Bertz CT molecular complexity index is 1180. The minimum absolute atomic E-state index is 0.191. The van der Waals surface area contributed by atoms with Crippen LogP contribution < -0.4 is 10.1 Å². The van der Waals surface area contributed by atoms with E-state index in [9.17, 15) is 4.79 Å². The topological polar surface area (TPSA) is 94.5 Å². The van der Waals surface area contributed by atoms with Crippen LogP contribution in [-0.4, -0.2) is 38.0 Å². The average molecular weight is 397 g/mol. The molecule has 28 heavy (non-hydrogen) atoms. The van der Waals surface area contributed by atoms with Crippen LogP contribution in [0.4, 0.5) is 5.82 Å². The maximum atomic E-state index is 12.5. The molecule has 0 bridgehead atoms. The van der Waals surface area contributed by atoms with Crippen molar-refractivity contribution in [2.45, 2.75) is 31.2 Å². The zero-order chi connectivity index (χ0) is 19.8. The van der Waals surface area contributed by atoms with Gasteiger partial charge in [0, 0.05) is 17.5 Å². The second kappa shape index (κ2) is 7.16. The summed E-state index contributed by atoms with van der Waals surface area (Å²) in [7, 11) is 1.63. The van der Waals surface area contributed by atoms with Gasteiger partial charge >= 0.3 is 0 Å². The van der Waals surface area contributed by atoms with Crippen molar-refractivity contribution >= 4 is 40.0 Å². The van der Waals surface area contributed by atoms with Crippen LogP contribution in [0.5, 0.6) is 5.75 Å². The highest BCUT2D eigenvalue weighted by atomic mass is 32.2. The first kappa shape index (κ1) is 18.3. The number of pyridine rings is 1. The number of ether oxygens (including phenoxy) is 1. The number of nitrogens with one attached hydrogen (secondary N) is 1. The van der Waals surface area contributed by atoms with Gasteiger partial charge in [-0.1, -0.05) is 16.9 Å². The molecule has 0 fully saturated rings. The first-order chi connectivity index (χ1) is 13.5. The van der Waals surface area contributed by atoms with Gasteiger partial charge in [-0.3, -0.25) is 9.20 Å². The lowest BCUT2D eigenvalue weighted by Crippen LogP contribution is -2.22. The number of anilines is 1. The Morgan fingerprint density at radius 1 is 1.25 bits per heavy atom. The number of amides is 1. The summed E-state index contributed by atoms with van der Waals surface area (Å²) in [6, 6.07) is 9.54. The highest BCUT2D eigenvalue weighted by Gasteiger charge is 2.20. The number of fused-ring (bicyclic) bond motifs is 3. The van der Waals surface area contributed by atoms with Crippen LogP contribution >= 0.6 is 11.8 Å². The molecule has 0 aliphatic heterocycles. The number of rotatable bonds is 5. The summed E-state index contributed by atoms with van der Waals surface area (Å²) in [4.78, 5) is 12.5. The summed E-state index contributed by atoms with van der Waals surface area (Å²) in [5, 5.41) is 16.4. The van der Waals surface area contributed by atoms with Crippen LogP contribution in [0.25, 0.3) is 16.6 Å². The number of hydrogen-bond acceptors (Lipinski definition) is 7. The standard InChI is InChI=1S/C19H19N5O3S/c1-10-7-17-21-22-19(24(17)15-9-13(26-4)5-6-14(10)15)28-12(3)18(25)20-16-8-11(2)27-23-16/h5-9,12H,1-4H3,(H,20,23,25)/t12-/m0/s1. The van der Waals surface area contributed by atoms with Crippen LogP contribution in [0, 0.1) is 13.8 Å². The normalized spacial score (nSPS) is 12.4. The molecule has 0 radical (unpaired) electrons. The third-order valence-electron chi connectivity index (χ3n) is 4.41. The van der Waals surface area contributed by atoms with Crippen molar-refractivity contribution < 1.29 is 14.1 Å². The minimum Gasteiger partial charge on any atom is -0.497 e. The van der Waals surface area contributed by atoms with Crippen molar-refractivity contribution in [3.63, 3.8) is 0 Å². The molecule has 0 saturated heterocycles. The summed E-state index contributed by atoms with van der Waals surface area (Å²) < 4.78 is 12.3. The van der Waals surface area contributed by atoms with E-state index in [0.717, 1.165) is 27.9 Å². The summed E-state index contributed by atoms with van der Waals surface area (Å²) >= 11 is 1.33. The lowest BCUT2D eigenvalue weighted by atomic mass is 10.1. The molecule has 0 aliphatic carbocycles. The molecular formula is C19H19N5O3S. The van der Waals surface area contributed by atoms with Crippen LogP contribution in [-0.2, 0) is 4.79 Å². The number of benzene rings is 1. The second-order valence-corrected chi connectivity index (χ2v) is 7.77. The number of carbonyl (C=O) groups is 1. The molecule has 0 spiro atoms. The third kappa shape index (κ3) is 3.29. The lowest BCUT2D eigenvalue weighted by molar-refractivity contribution is -0.115. The molecular weight excluding hydrogens is 378 g/mol. The number of thioether (sulfide) groups is 1. The summed E-state index contributed by atoms with van der Waals surface area (Å²) in [5.41, 5.74) is 2.75.